The molecule has 0 bridgehead atoms. The van der Waals surface area contributed by atoms with Crippen LogP contribution in [0.25, 0.3) is 0 Å². The number of hydrogen-bond donors (Lipinski definition) is 2. The molecule has 74 valence electrons. The van der Waals surface area contributed by atoms with Crippen molar-refractivity contribution in [1.29, 1.82) is 0 Å². The summed E-state index contributed by atoms with van der Waals surface area (Å²) in [5.74, 6) is -3.51. The molecule has 0 spiro atoms. The highest BCUT2D eigenvalue weighted by atomic mass is 19.2. The van der Waals surface area contributed by atoms with E-state index in [0.29, 0.717) is 0 Å². The molecule has 2 N–H and O–H groups in total. The van der Waals surface area contributed by atoms with Gasteiger partial charge in [0.1, 0.15) is 5.75 Å². The van der Waals surface area contributed by atoms with E-state index in [0.717, 1.165) is 12.1 Å². The lowest BCUT2D eigenvalue weighted by molar-refractivity contribution is 0.111. The van der Waals surface area contributed by atoms with Crippen LogP contribution in [0.5, 0.6) is 5.75 Å². The highest BCUT2D eigenvalue weighted by Crippen LogP contribution is 2.21. The molecule has 0 fully saturated rings. The van der Waals surface area contributed by atoms with Crippen LogP contribution in [0.4, 0.5) is 8.78 Å². The van der Waals surface area contributed by atoms with E-state index < -0.39 is 30.3 Å². The Balaban J connectivity index is 3.10. The molecule has 0 aliphatic rings. The first-order valence-electron chi connectivity index (χ1n) is 3.52. The fraction of sp³-hybridized carbons (Fsp3) is 0. The maximum atomic E-state index is 12.9. The molecule has 0 aromatic heterocycles. The van der Waals surface area contributed by atoms with Crippen LogP contribution in [-0.4, -0.2) is 23.7 Å². The zero-order chi connectivity index (χ0) is 10.7. The SMILES string of the molecule is O=Cc1ccc(OB(O)O)c(F)c1F. The molecule has 7 heteroatoms. The van der Waals surface area contributed by atoms with Gasteiger partial charge in [0.15, 0.2) is 17.9 Å². The number of hydrogen-bond acceptors (Lipinski definition) is 4. The second kappa shape index (κ2) is 4.16. The number of halogens is 2. The first kappa shape index (κ1) is 10.6. The summed E-state index contributed by atoms with van der Waals surface area (Å²) in [6.45, 7) is 0. The molecule has 1 rings (SSSR count). The van der Waals surface area contributed by atoms with E-state index in [1.54, 1.807) is 0 Å². The minimum absolute atomic E-state index is 0.136. The molecule has 0 amide bonds. The van der Waals surface area contributed by atoms with E-state index in [9.17, 15) is 13.6 Å². The van der Waals surface area contributed by atoms with Gasteiger partial charge in [-0.3, -0.25) is 4.79 Å². The number of rotatable bonds is 3. The van der Waals surface area contributed by atoms with Crippen molar-refractivity contribution in [2.75, 3.05) is 0 Å². The molecule has 0 atom stereocenters. The van der Waals surface area contributed by atoms with E-state index in [4.69, 9.17) is 10.0 Å². The van der Waals surface area contributed by atoms with E-state index >= 15 is 0 Å². The summed E-state index contributed by atoms with van der Waals surface area (Å²) in [7, 11) is -2.24. The first-order chi connectivity index (χ1) is 6.56. The van der Waals surface area contributed by atoms with Gasteiger partial charge in [-0.05, 0) is 12.1 Å². The largest absolute Gasteiger partial charge is 0.707 e. The lowest BCUT2D eigenvalue weighted by Crippen LogP contribution is -2.21. The molecule has 0 radical (unpaired) electrons. The number of carbonyl (C=O) groups excluding carboxylic acids is 1. The molecule has 4 nitrogen and oxygen atoms in total. The zero-order valence-electron chi connectivity index (χ0n) is 6.78. The third-order valence-electron chi connectivity index (χ3n) is 1.44. The minimum Gasteiger partial charge on any atom is -0.509 e. The zero-order valence-corrected chi connectivity index (χ0v) is 6.78. The second-order valence-corrected chi connectivity index (χ2v) is 2.34. The van der Waals surface area contributed by atoms with Crippen LogP contribution >= 0.6 is 0 Å². The van der Waals surface area contributed by atoms with Crippen LogP contribution in [0.15, 0.2) is 12.1 Å². The Kier molecular flexibility index (Phi) is 3.16. The monoisotopic (exact) mass is 202 g/mol. The van der Waals surface area contributed by atoms with Crippen LogP contribution < -0.4 is 4.65 Å². The summed E-state index contributed by atoms with van der Waals surface area (Å²) in [5, 5.41) is 16.6. The lowest BCUT2D eigenvalue weighted by Gasteiger charge is -2.06. The van der Waals surface area contributed by atoms with Crippen LogP contribution in [-0.2, 0) is 0 Å². The molecular weight excluding hydrogens is 197 g/mol. The second-order valence-electron chi connectivity index (χ2n) is 2.34. The Morgan fingerprint density at radius 1 is 1.29 bits per heavy atom. The van der Waals surface area contributed by atoms with Gasteiger partial charge in [-0.15, -0.1) is 0 Å². The Bertz CT molecular complexity index is 356. The summed E-state index contributed by atoms with van der Waals surface area (Å²) >= 11 is 0. The molecule has 1 aromatic rings. The molecule has 0 heterocycles. The molecule has 1 aromatic carbocycles. The quantitative estimate of drug-likeness (QED) is 0.539. The van der Waals surface area contributed by atoms with Gasteiger partial charge in [0.2, 0.25) is 0 Å². The predicted octanol–water partition coefficient (Wildman–Crippen LogP) is 0.126. The molecular formula is C7H5BF2O4. The Morgan fingerprint density at radius 2 is 1.93 bits per heavy atom. The summed E-state index contributed by atoms with van der Waals surface area (Å²) in [6.07, 6.45) is 0.136. The van der Waals surface area contributed by atoms with Gasteiger partial charge in [-0.1, -0.05) is 0 Å². The van der Waals surface area contributed by atoms with Gasteiger partial charge < -0.3 is 14.7 Å². The van der Waals surface area contributed by atoms with Gasteiger partial charge in [0, 0.05) is 0 Å². The maximum Gasteiger partial charge on any atom is 0.707 e. The topological polar surface area (TPSA) is 66.8 Å². The van der Waals surface area contributed by atoms with E-state index in [1.165, 1.54) is 0 Å². The number of benzene rings is 1. The average Bonchev–Trinajstić information content (AvgIpc) is 2.13. The van der Waals surface area contributed by atoms with Gasteiger partial charge in [0.25, 0.3) is 0 Å². The van der Waals surface area contributed by atoms with Crippen molar-refractivity contribution in [3.05, 3.63) is 29.3 Å². The molecule has 0 unspecified atom stereocenters. The highest BCUT2D eigenvalue weighted by molar-refractivity contribution is 6.33. The van der Waals surface area contributed by atoms with Gasteiger partial charge in [0.05, 0.1) is 5.56 Å². The molecule has 0 saturated heterocycles. The Morgan fingerprint density at radius 3 is 2.43 bits per heavy atom. The smallest absolute Gasteiger partial charge is 0.509 e. The van der Waals surface area contributed by atoms with Crippen molar-refractivity contribution in [3.8, 4) is 5.75 Å². The number of aldehydes is 1. The van der Waals surface area contributed by atoms with Crippen LogP contribution in [0.3, 0.4) is 0 Å². The van der Waals surface area contributed by atoms with Crippen molar-refractivity contribution >= 4 is 13.6 Å². The summed E-state index contributed by atoms with van der Waals surface area (Å²) in [5.41, 5.74) is -0.470. The van der Waals surface area contributed by atoms with Crippen LogP contribution in [0.2, 0.25) is 0 Å². The highest BCUT2D eigenvalue weighted by Gasteiger charge is 2.18. The summed E-state index contributed by atoms with van der Waals surface area (Å²) < 4.78 is 29.9. The number of carbonyl (C=O) groups is 1. The van der Waals surface area contributed by atoms with E-state index in [-0.39, 0.29) is 6.29 Å². The Hall–Kier alpha value is -1.47. The van der Waals surface area contributed by atoms with Gasteiger partial charge >= 0.3 is 7.32 Å². The van der Waals surface area contributed by atoms with Crippen LogP contribution in [0.1, 0.15) is 10.4 Å². The molecule has 0 aliphatic carbocycles. The predicted molar refractivity (Wildman–Crippen MR) is 42.6 cm³/mol. The lowest BCUT2D eigenvalue weighted by atomic mass is 10.2. The van der Waals surface area contributed by atoms with Crippen molar-refractivity contribution < 1.29 is 28.3 Å². The van der Waals surface area contributed by atoms with Gasteiger partial charge in [-0.25, -0.2) is 4.39 Å². The van der Waals surface area contributed by atoms with Crippen molar-refractivity contribution in [3.63, 3.8) is 0 Å². The van der Waals surface area contributed by atoms with Crippen molar-refractivity contribution in [1.82, 2.24) is 0 Å². The fourth-order valence-electron chi connectivity index (χ4n) is 0.842. The molecule has 14 heavy (non-hydrogen) atoms. The molecule has 0 aliphatic heterocycles. The maximum absolute atomic E-state index is 12.9. The standard InChI is InChI=1S/C7H5BF2O4/c9-6-4(3-11)1-2-5(7(6)10)14-8(12)13/h1-3,12-13H. The summed E-state index contributed by atoms with van der Waals surface area (Å²) in [4.78, 5) is 10.2. The fourth-order valence-corrected chi connectivity index (χ4v) is 0.842. The first-order valence-corrected chi connectivity index (χ1v) is 3.52. The van der Waals surface area contributed by atoms with E-state index in [2.05, 4.69) is 4.65 Å². The van der Waals surface area contributed by atoms with Gasteiger partial charge in [-0.2, -0.15) is 4.39 Å². The molecule has 0 saturated carbocycles. The third kappa shape index (κ3) is 2.07. The van der Waals surface area contributed by atoms with Crippen molar-refractivity contribution in [2.24, 2.45) is 0 Å². The minimum atomic E-state index is -2.24. The van der Waals surface area contributed by atoms with Crippen molar-refractivity contribution in [2.45, 2.75) is 0 Å². The van der Waals surface area contributed by atoms with Crippen LogP contribution in [0, 0.1) is 11.6 Å². The summed E-state index contributed by atoms with van der Waals surface area (Å²) in [6, 6.07) is 1.88. The normalized spacial score (nSPS) is 9.71. The third-order valence-corrected chi connectivity index (χ3v) is 1.44. The Labute approximate surface area is 77.9 Å². The average molecular weight is 202 g/mol. The van der Waals surface area contributed by atoms with E-state index in [1.807, 2.05) is 0 Å².